The topological polar surface area (TPSA) is 15.8 Å². The molecule has 0 saturated carbocycles. The van der Waals surface area contributed by atoms with E-state index in [-0.39, 0.29) is 19.5 Å². The molecule has 78 valence electrons. The van der Waals surface area contributed by atoms with Crippen LogP contribution in [0, 0.1) is 33.5 Å². The number of allylic oxidation sites excluding steroid dienone is 3. The fraction of sp³-hybridized carbons (Fsp3) is 0.333. The molecule has 0 amide bonds. The molecule has 0 saturated heterocycles. The van der Waals surface area contributed by atoms with Crippen LogP contribution in [0.4, 0.5) is 0 Å². The van der Waals surface area contributed by atoms with Gasteiger partial charge in [-0.15, -0.1) is 11.9 Å². The van der Waals surface area contributed by atoms with Crippen molar-refractivity contribution in [3.05, 3.63) is 47.8 Å². The summed E-state index contributed by atoms with van der Waals surface area (Å²) in [6.45, 7) is 13.1. The van der Waals surface area contributed by atoms with Crippen LogP contribution in [0.5, 0.6) is 0 Å². The zero-order valence-corrected chi connectivity index (χ0v) is 10.9. The number of hydrogen-bond acceptors (Lipinski definition) is 0. The molecule has 0 spiro atoms. The predicted octanol–water partition coefficient (Wildman–Crippen LogP) is 3.29. The molecule has 1 nitrogen and oxygen atoms in total. The normalized spacial score (nSPS) is 8.86. The molecule has 0 unspecified atom stereocenters. The van der Waals surface area contributed by atoms with Gasteiger partial charge in [0.2, 0.25) is 0 Å². The van der Waals surface area contributed by atoms with Crippen molar-refractivity contribution in [2.75, 3.05) is 0 Å². The van der Waals surface area contributed by atoms with Gasteiger partial charge in [0.15, 0.2) is 0 Å². The Labute approximate surface area is 100 Å². The summed E-state index contributed by atoms with van der Waals surface area (Å²) in [5, 5.41) is 0. The van der Waals surface area contributed by atoms with Gasteiger partial charge in [-0.25, -0.2) is 12.2 Å². The molecule has 1 heterocycles. The third-order valence-corrected chi connectivity index (χ3v) is 1.87. The molecule has 1 aromatic heterocycles. The van der Waals surface area contributed by atoms with Gasteiger partial charge in [-0.2, -0.15) is 17.2 Å². The second-order valence-corrected chi connectivity index (χ2v) is 2.84. The number of aromatic amines is 1. The summed E-state index contributed by atoms with van der Waals surface area (Å²) < 4.78 is 0. The van der Waals surface area contributed by atoms with Crippen LogP contribution in [-0.2, 0) is 19.5 Å². The summed E-state index contributed by atoms with van der Waals surface area (Å²) in [5.41, 5.74) is 3.77. The Kier molecular flexibility index (Phi) is 10.1. The van der Waals surface area contributed by atoms with Crippen LogP contribution >= 0.6 is 0 Å². The molecule has 1 N–H and O–H groups in total. The second kappa shape index (κ2) is 8.96. The largest absolute Gasteiger partial charge is 2.00 e. The van der Waals surface area contributed by atoms with Crippen LogP contribution in [0.1, 0.15) is 23.7 Å². The Bertz CT molecular complexity index is 265. The van der Waals surface area contributed by atoms with Crippen molar-refractivity contribution in [2.24, 2.45) is 0 Å². The Morgan fingerprint density at radius 3 is 1.93 bits per heavy atom. The fourth-order valence-corrected chi connectivity index (χ4v) is 0.767. The molecule has 0 atom stereocenters. The Balaban J connectivity index is 0. The summed E-state index contributed by atoms with van der Waals surface area (Å²) >= 11 is 0. The van der Waals surface area contributed by atoms with Crippen LogP contribution in [0.2, 0.25) is 0 Å². The van der Waals surface area contributed by atoms with Gasteiger partial charge in [0.05, 0.1) is 0 Å². The van der Waals surface area contributed by atoms with Crippen molar-refractivity contribution in [2.45, 2.75) is 27.7 Å². The monoisotopic (exact) mass is 277 g/mol. The van der Waals surface area contributed by atoms with Crippen LogP contribution in [0.25, 0.3) is 0 Å². The number of hydrogen-bond donors (Lipinski definition) is 1. The van der Waals surface area contributed by atoms with Crippen LogP contribution in [0.15, 0.2) is 18.2 Å². The molecule has 0 aromatic carbocycles. The molecule has 0 fully saturated rings. The molecule has 0 aliphatic carbocycles. The standard InChI is InChI=1S/C7H10N.C5H7.Ru/c1-5-4-8-7(3)6(5)2;1-3-5-4-2;/h8H,1-3H3;1,3-5H,2H3;/q2*-1;+2. The minimum atomic E-state index is 0. The van der Waals surface area contributed by atoms with Crippen LogP contribution in [0.3, 0.4) is 0 Å². The van der Waals surface area contributed by atoms with Crippen molar-refractivity contribution >= 4 is 0 Å². The molecular formula is C12H17NRu. The zero-order chi connectivity index (χ0) is 10.3. The van der Waals surface area contributed by atoms with Crippen molar-refractivity contribution in [3.8, 4) is 0 Å². The third-order valence-electron chi connectivity index (χ3n) is 1.87. The Hall–Kier alpha value is -0.617. The first-order valence-electron chi connectivity index (χ1n) is 4.33. The van der Waals surface area contributed by atoms with Crippen molar-refractivity contribution in [3.63, 3.8) is 0 Å². The van der Waals surface area contributed by atoms with E-state index in [1.54, 1.807) is 6.08 Å². The van der Waals surface area contributed by atoms with Crippen LogP contribution < -0.4 is 0 Å². The van der Waals surface area contributed by atoms with E-state index in [1.165, 1.54) is 22.9 Å². The maximum absolute atomic E-state index is 4.93. The molecule has 0 bridgehead atoms. The Morgan fingerprint density at radius 2 is 1.86 bits per heavy atom. The first-order valence-corrected chi connectivity index (χ1v) is 4.33. The van der Waals surface area contributed by atoms with Gasteiger partial charge in [-0.3, -0.25) is 6.58 Å². The zero-order valence-electron chi connectivity index (χ0n) is 9.16. The van der Waals surface area contributed by atoms with Gasteiger partial charge in [-0.1, -0.05) is 27.7 Å². The quantitative estimate of drug-likeness (QED) is 0.460. The summed E-state index contributed by atoms with van der Waals surface area (Å²) in [6, 6.07) is 0. The molecule has 0 radical (unpaired) electrons. The fourth-order valence-electron chi connectivity index (χ4n) is 0.767. The minimum Gasteiger partial charge on any atom is -0.481 e. The van der Waals surface area contributed by atoms with Gasteiger partial charge >= 0.3 is 19.5 Å². The minimum absolute atomic E-state index is 0. The first kappa shape index (κ1) is 15.8. The van der Waals surface area contributed by atoms with E-state index in [0.717, 1.165) is 0 Å². The van der Waals surface area contributed by atoms with Gasteiger partial charge in [0, 0.05) is 0 Å². The van der Waals surface area contributed by atoms with Crippen molar-refractivity contribution in [1.29, 1.82) is 0 Å². The van der Waals surface area contributed by atoms with E-state index in [4.69, 9.17) is 6.58 Å². The second-order valence-electron chi connectivity index (χ2n) is 2.84. The number of aryl methyl sites for hydroxylation is 2. The summed E-state index contributed by atoms with van der Waals surface area (Å²) in [7, 11) is 0. The van der Waals surface area contributed by atoms with E-state index < -0.39 is 0 Å². The van der Waals surface area contributed by atoms with Gasteiger partial charge in [-0.05, 0) is 0 Å². The predicted molar refractivity (Wildman–Crippen MR) is 57.5 cm³/mol. The summed E-state index contributed by atoms with van der Waals surface area (Å²) in [4.78, 5) is 3.01. The van der Waals surface area contributed by atoms with E-state index in [9.17, 15) is 0 Å². The molecular weight excluding hydrogens is 259 g/mol. The van der Waals surface area contributed by atoms with Crippen molar-refractivity contribution in [1.82, 2.24) is 4.98 Å². The average molecular weight is 276 g/mol. The molecule has 1 aromatic rings. The molecule has 1 rings (SSSR count). The van der Waals surface area contributed by atoms with Gasteiger partial charge < -0.3 is 4.98 Å². The third kappa shape index (κ3) is 5.93. The maximum Gasteiger partial charge on any atom is 2.00 e. The smallest absolute Gasteiger partial charge is 0.481 e. The summed E-state index contributed by atoms with van der Waals surface area (Å²) in [6.07, 6.45) is 8.16. The average Bonchev–Trinajstić information content (AvgIpc) is 2.39. The first-order chi connectivity index (χ1) is 6.13. The molecule has 2 heteroatoms. The number of aromatic nitrogens is 1. The number of rotatable bonds is 1. The molecule has 0 aliphatic heterocycles. The number of H-pyrrole nitrogens is 1. The summed E-state index contributed by atoms with van der Waals surface area (Å²) in [5.74, 6) is 0. The molecule has 0 aliphatic rings. The maximum atomic E-state index is 4.93. The van der Waals surface area contributed by atoms with E-state index in [2.05, 4.69) is 32.0 Å². The van der Waals surface area contributed by atoms with Crippen molar-refractivity contribution < 1.29 is 19.5 Å². The number of nitrogens with one attached hydrogen (secondary N) is 1. The van der Waals surface area contributed by atoms with Gasteiger partial charge in [0.25, 0.3) is 0 Å². The molecule has 14 heavy (non-hydrogen) atoms. The van der Waals surface area contributed by atoms with Gasteiger partial charge in [0.1, 0.15) is 0 Å². The van der Waals surface area contributed by atoms with E-state index in [1.807, 2.05) is 13.0 Å². The SMILES string of the molecule is Cc1[c-][nH]c(C)c1C.[CH-]=CC=CC.[Ru+2]. The van der Waals surface area contributed by atoms with E-state index in [0.29, 0.717) is 0 Å². The Morgan fingerprint density at radius 1 is 1.29 bits per heavy atom. The van der Waals surface area contributed by atoms with E-state index >= 15 is 0 Å². The van der Waals surface area contributed by atoms with Crippen LogP contribution in [-0.4, -0.2) is 4.98 Å².